The summed E-state index contributed by atoms with van der Waals surface area (Å²) < 4.78 is 5.50. The van der Waals surface area contributed by atoms with Gasteiger partial charge in [-0.15, -0.1) is 0 Å². The van der Waals surface area contributed by atoms with E-state index < -0.39 is 4.92 Å². The van der Waals surface area contributed by atoms with E-state index in [1.165, 1.54) is 12.1 Å². The number of ether oxygens (including phenoxy) is 1. The molecule has 0 fully saturated rings. The molecule has 6 nitrogen and oxygen atoms in total. The maximum absolute atomic E-state index is 10.9. The Morgan fingerprint density at radius 3 is 2.67 bits per heavy atom. The SMILES string of the molecule is Cc1ncccc1Oc1cccc(N)c1[N+](=O)[O-]. The van der Waals surface area contributed by atoms with Crippen molar-refractivity contribution in [2.24, 2.45) is 0 Å². The number of pyridine rings is 1. The van der Waals surface area contributed by atoms with E-state index in [1.54, 1.807) is 31.3 Å². The van der Waals surface area contributed by atoms with Crippen molar-refractivity contribution in [1.82, 2.24) is 4.98 Å². The fourth-order valence-corrected chi connectivity index (χ4v) is 1.51. The number of aromatic nitrogens is 1. The third kappa shape index (κ3) is 2.22. The highest BCUT2D eigenvalue weighted by atomic mass is 16.6. The van der Waals surface area contributed by atoms with Gasteiger partial charge in [0, 0.05) is 6.20 Å². The van der Waals surface area contributed by atoms with Crippen LogP contribution in [-0.4, -0.2) is 9.91 Å². The molecule has 0 aliphatic rings. The molecule has 92 valence electrons. The second-order valence-corrected chi connectivity index (χ2v) is 3.64. The molecule has 0 radical (unpaired) electrons. The van der Waals surface area contributed by atoms with Crippen LogP contribution in [0, 0.1) is 17.0 Å². The number of hydrogen-bond donors (Lipinski definition) is 1. The average Bonchev–Trinajstić information content (AvgIpc) is 2.31. The number of nitrogens with zero attached hydrogens (tertiary/aromatic N) is 2. The first-order valence-corrected chi connectivity index (χ1v) is 5.22. The molecule has 0 spiro atoms. The van der Waals surface area contributed by atoms with E-state index in [0.717, 1.165) is 0 Å². The smallest absolute Gasteiger partial charge is 0.334 e. The average molecular weight is 245 g/mol. The standard InChI is InChI=1S/C12H11N3O3/c1-8-10(6-3-7-14-8)18-11-5-2-4-9(13)12(11)15(16)17/h2-7H,13H2,1H3. The minimum Gasteiger partial charge on any atom is -0.448 e. The third-order valence-electron chi connectivity index (χ3n) is 2.39. The molecule has 2 N–H and O–H groups in total. The number of rotatable bonds is 3. The molecule has 0 saturated carbocycles. The lowest BCUT2D eigenvalue weighted by Gasteiger charge is -2.08. The van der Waals surface area contributed by atoms with Crippen molar-refractivity contribution in [1.29, 1.82) is 0 Å². The Hall–Kier alpha value is -2.63. The van der Waals surface area contributed by atoms with Gasteiger partial charge in [-0.05, 0) is 31.2 Å². The van der Waals surface area contributed by atoms with Crippen molar-refractivity contribution in [2.75, 3.05) is 5.73 Å². The zero-order valence-electron chi connectivity index (χ0n) is 9.66. The fourth-order valence-electron chi connectivity index (χ4n) is 1.51. The van der Waals surface area contributed by atoms with Crippen LogP contribution < -0.4 is 10.5 Å². The molecule has 0 aliphatic heterocycles. The highest BCUT2D eigenvalue weighted by Crippen LogP contribution is 2.36. The Morgan fingerprint density at radius 1 is 1.28 bits per heavy atom. The topological polar surface area (TPSA) is 91.3 Å². The summed E-state index contributed by atoms with van der Waals surface area (Å²) in [6, 6.07) is 7.95. The molecule has 18 heavy (non-hydrogen) atoms. The lowest BCUT2D eigenvalue weighted by Crippen LogP contribution is -1.99. The van der Waals surface area contributed by atoms with Crippen LogP contribution in [-0.2, 0) is 0 Å². The van der Waals surface area contributed by atoms with Gasteiger partial charge in [0.1, 0.15) is 11.4 Å². The molecular formula is C12H11N3O3. The Labute approximate surface area is 103 Å². The molecule has 0 saturated heterocycles. The molecule has 0 atom stereocenters. The van der Waals surface area contributed by atoms with Gasteiger partial charge in [-0.2, -0.15) is 0 Å². The highest BCUT2D eigenvalue weighted by molar-refractivity contribution is 5.66. The Balaban J connectivity index is 2.44. The summed E-state index contributed by atoms with van der Waals surface area (Å²) >= 11 is 0. The highest BCUT2D eigenvalue weighted by Gasteiger charge is 2.20. The number of nitro benzene ring substituents is 1. The lowest BCUT2D eigenvalue weighted by atomic mass is 10.2. The van der Waals surface area contributed by atoms with Crippen LogP contribution in [0.4, 0.5) is 11.4 Å². The molecule has 0 bridgehead atoms. The summed E-state index contributed by atoms with van der Waals surface area (Å²) in [6.07, 6.45) is 1.62. The van der Waals surface area contributed by atoms with Crippen molar-refractivity contribution in [3.05, 3.63) is 52.3 Å². The van der Waals surface area contributed by atoms with Gasteiger partial charge >= 0.3 is 5.69 Å². The van der Waals surface area contributed by atoms with Gasteiger partial charge in [-0.25, -0.2) is 0 Å². The summed E-state index contributed by atoms with van der Waals surface area (Å²) in [5.41, 5.74) is 6.06. The molecule has 1 aromatic heterocycles. The van der Waals surface area contributed by atoms with Crippen molar-refractivity contribution < 1.29 is 9.66 Å². The Bertz CT molecular complexity index is 599. The van der Waals surface area contributed by atoms with Crippen LogP contribution in [0.5, 0.6) is 11.5 Å². The van der Waals surface area contributed by atoms with Crippen molar-refractivity contribution in [3.8, 4) is 11.5 Å². The first-order chi connectivity index (χ1) is 8.59. The van der Waals surface area contributed by atoms with Gasteiger partial charge in [0.05, 0.1) is 10.6 Å². The molecule has 0 unspecified atom stereocenters. The number of nitrogen functional groups attached to an aromatic ring is 1. The zero-order chi connectivity index (χ0) is 13.1. The number of benzene rings is 1. The largest absolute Gasteiger partial charge is 0.448 e. The summed E-state index contributed by atoms with van der Waals surface area (Å²) in [6.45, 7) is 1.76. The molecule has 1 aromatic carbocycles. The van der Waals surface area contributed by atoms with Gasteiger partial charge in [0.25, 0.3) is 0 Å². The monoisotopic (exact) mass is 245 g/mol. The molecule has 0 amide bonds. The molecule has 2 rings (SSSR count). The number of anilines is 1. The van der Waals surface area contributed by atoms with Crippen LogP contribution in [0.15, 0.2) is 36.5 Å². The van der Waals surface area contributed by atoms with Crippen molar-refractivity contribution in [3.63, 3.8) is 0 Å². The third-order valence-corrected chi connectivity index (χ3v) is 2.39. The molecule has 0 aliphatic carbocycles. The quantitative estimate of drug-likeness (QED) is 0.510. The van der Waals surface area contributed by atoms with Crippen LogP contribution in [0.1, 0.15) is 5.69 Å². The molecule has 1 heterocycles. The van der Waals surface area contributed by atoms with Crippen LogP contribution >= 0.6 is 0 Å². The van der Waals surface area contributed by atoms with Gasteiger partial charge in [0.15, 0.2) is 0 Å². The van der Waals surface area contributed by atoms with E-state index in [0.29, 0.717) is 11.4 Å². The van der Waals surface area contributed by atoms with E-state index in [-0.39, 0.29) is 17.1 Å². The second kappa shape index (κ2) is 4.70. The first-order valence-electron chi connectivity index (χ1n) is 5.22. The lowest BCUT2D eigenvalue weighted by molar-refractivity contribution is -0.384. The van der Waals surface area contributed by atoms with Gasteiger partial charge in [-0.1, -0.05) is 6.07 Å². The minimum absolute atomic E-state index is 0.0686. The van der Waals surface area contributed by atoms with Crippen molar-refractivity contribution >= 4 is 11.4 Å². The minimum atomic E-state index is -0.559. The second-order valence-electron chi connectivity index (χ2n) is 3.64. The van der Waals surface area contributed by atoms with E-state index in [9.17, 15) is 10.1 Å². The maximum atomic E-state index is 10.9. The van der Waals surface area contributed by atoms with Crippen LogP contribution in [0.2, 0.25) is 0 Å². The van der Waals surface area contributed by atoms with Crippen LogP contribution in [0.3, 0.4) is 0 Å². The summed E-state index contributed by atoms with van der Waals surface area (Å²) in [7, 11) is 0. The number of hydrogen-bond acceptors (Lipinski definition) is 5. The van der Waals surface area contributed by atoms with Gasteiger partial charge < -0.3 is 10.5 Å². The molecular weight excluding hydrogens is 234 g/mol. The Kier molecular flexibility index (Phi) is 3.09. The van der Waals surface area contributed by atoms with Crippen LogP contribution in [0.25, 0.3) is 0 Å². The molecule has 2 aromatic rings. The van der Waals surface area contributed by atoms with Crippen molar-refractivity contribution in [2.45, 2.75) is 6.92 Å². The van der Waals surface area contributed by atoms with Gasteiger partial charge in [-0.3, -0.25) is 15.1 Å². The zero-order valence-corrected chi connectivity index (χ0v) is 9.66. The number of aryl methyl sites for hydroxylation is 1. The number of nitro groups is 1. The van der Waals surface area contributed by atoms with Gasteiger partial charge in [0.2, 0.25) is 5.75 Å². The predicted octanol–water partition coefficient (Wildman–Crippen LogP) is 2.67. The summed E-state index contributed by atoms with van der Waals surface area (Å²) in [5, 5.41) is 10.9. The fraction of sp³-hybridized carbons (Fsp3) is 0.0833. The first kappa shape index (κ1) is 11.8. The summed E-state index contributed by atoms with van der Waals surface area (Å²) in [4.78, 5) is 14.4. The predicted molar refractivity (Wildman–Crippen MR) is 66.6 cm³/mol. The molecule has 6 heteroatoms. The van der Waals surface area contributed by atoms with E-state index in [2.05, 4.69) is 4.98 Å². The van der Waals surface area contributed by atoms with E-state index in [1.807, 2.05) is 0 Å². The normalized spacial score (nSPS) is 10.1. The Morgan fingerprint density at radius 2 is 2.00 bits per heavy atom. The van der Waals surface area contributed by atoms with E-state index in [4.69, 9.17) is 10.5 Å². The summed E-state index contributed by atoms with van der Waals surface area (Å²) in [5.74, 6) is 0.572. The number of nitrogens with two attached hydrogens (primary N) is 1. The number of para-hydroxylation sites is 1. The van der Waals surface area contributed by atoms with E-state index >= 15 is 0 Å². The maximum Gasteiger partial charge on any atom is 0.334 e.